The van der Waals surface area contributed by atoms with Crippen molar-refractivity contribution in [1.82, 2.24) is 9.97 Å². The number of anilines is 2. The van der Waals surface area contributed by atoms with Crippen LogP contribution in [-0.4, -0.2) is 34.1 Å². The fourth-order valence-corrected chi connectivity index (χ4v) is 3.50. The number of thioether (sulfide) groups is 1. The standard InChI is InChI=1S/C15H26N4S/c1-6-11-9-19(7-8-20-11)13-10(2)12(16)17-14(18-13)15(3,4)5/h11H,6-9H2,1-5H3,(H2,16,17,18). The van der Waals surface area contributed by atoms with E-state index < -0.39 is 0 Å². The van der Waals surface area contributed by atoms with Gasteiger partial charge in [-0.2, -0.15) is 11.8 Å². The quantitative estimate of drug-likeness (QED) is 0.908. The zero-order chi connectivity index (χ0) is 14.9. The van der Waals surface area contributed by atoms with Crippen LogP contribution in [0.1, 0.15) is 45.5 Å². The lowest BCUT2D eigenvalue weighted by molar-refractivity contribution is 0.544. The molecular weight excluding hydrogens is 268 g/mol. The average Bonchev–Trinajstić information content (AvgIpc) is 2.40. The van der Waals surface area contributed by atoms with E-state index in [0.29, 0.717) is 11.1 Å². The van der Waals surface area contributed by atoms with Crippen molar-refractivity contribution in [2.75, 3.05) is 29.5 Å². The molecule has 1 aromatic heterocycles. The van der Waals surface area contributed by atoms with Crippen molar-refractivity contribution in [2.24, 2.45) is 0 Å². The predicted octanol–water partition coefficient (Wildman–Crippen LogP) is 3.00. The second-order valence-electron chi connectivity index (χ2n) is 6.48. The molecule has 1 aliphatic heterocycles. The Bertz CT molecular complexity index is 481. The normalized spacial score (nSPS) is 20.2. The van der Waals surface area contributed by atoms with Gasteiger partial charge in [0.2, 0.25) is 0 Å². The summed E-state index contributed by atoms with van der Waals surface area (Å²) < 4.78 is 0. The van der Waals surface area contributed by atoms with Gasteiger partial charge in [0.15, 0.2) is 0 Å². The first-order chi connectivity index (χ1) is 9.32. The fourth-order valence-electron chi connectivity index (χ4n) is 2.32. The van der Waals surface area contributed by atoms with E-state index in [1.54, 1.807) is 0 Å². The maximum absolute atomic E-state index is 6.11. The van der Waals surface area contributed by atoms with Gasteiger partial charge >= 0.3 is 0 Å². The second kappa shape index (κ2) is 5.80. The Morgan fingerprint density at radius 1 is 1.35 bits per heavy atom. The van der Waals surface area contributed by atoms with Crippen LogP contribution < -0.4 is 10.6 Å². The highest BCUT2D eigenvalue weighted by molar-refractivity contribution is 8.00. The number of hydrogen-bond acceptors (Lipinski definition) is 5. The van der Waals surface area contributed by atoms with Gasteiger partial charge in [0.1, 0.15) is 17.5 Å². The number of rotatable bonds is 2. The Hall–Kier alpha value is -0.970. The zero-order valence-electron chi connectivity index (χ0n) is 13.2. The summed E-state index contributed by atoms with van der Waals surface area (Å²) in [5, 5.41) is 0.692. The third kappa shape index (κ3) is 3.19. The fraction of sp³-hybridized carbons (Fsp3) is 0.733. The van der Waals surface area contributed by atoms with Crippen LogP contribution in [0.5, 0.6) is 0 Å². The van der Waals surface area contributed by atoms with Crippen molar-refractivity contribution < 1.29 is 0 Å². The monoisotopic (exact) mass is 294 g/mol. The van der Waals surface area contributed by atoms with E-state index in [0.717, 1.165) is 36.0 Å². The van der Waals surface area contributed by atoms with Gasteiger partial charge in [-0.15, -0.1) is 0 Å². The lowest BCUT2D eigenvalue weighted by atomic mass is 9.95. The van der Waals surface area contributed by atoms with E-state index in [2.05, 4.69) is 49.3 Å². The molecule has 1 aromatic rings. The molecule has 0 saturated carbocycles. The average molecular weight is 294 g/mol. The molecule has 2 N–H and O–H groups in total. The molecule has 1 unspecified atom stereocenters. The van der Waals surface area contributed by atoms with Crippen LogP contribution in [0.2, 0.25) is 0 Å². The number of nitrogens with two attached hydrogens (primary N) is 1. The molecule has 0 aliphatic carbocycles. The van der Waals surface area contributed by atoms with Crippen molar-refractivity contribution in [3.8, 4) is 0 Å². The molecule has 1 atom stereocenters. The molecule has 20 heavy (non-hydrogen) atoms. The first kappa shape index (κ1) is 15.4. The van der Waals surface area contributed by atoms with Crippen molar-refractivity contribution in [3.05, 3.63) is 11.4 Å². The first-order valence-electron chi connectivity index (χ1n) is 7.34. The summed E-state index contributed by atoms with van der Waals surface area (Å²) in [5.74, 6) is 3.64. The summed E-state index contributed by atoms with van der Waals surface area (Å²) in [6, 6.07) is 0. The molecule has 1 aliphatic rings. The van der Waals surface area contributed by atoms with Crippen LogP contribution in [0.4, 0.5) is 11.6 Å². The minimum absolute atomic E-state index is 0.0781. The van der Waals surface area contributed by atoms with Gasteiger partial charge in [-0.25, -0.2) is 9.97 Å². The van der Waals surface area contributed by atoms with E-state index in [9.17, 15) is 0 Å². The smallest absolute Gasteiger partial charge is 0.138 e. The number of hydrogen-bond donors (Lipinski definition) is 1. The Morgan fingerprint density at radius 3 is 2.65 bits per heavy atom. The largest absolute Gasteiger partial charge is 0.383 e. The second-order valence-corrected chi connectivity index (χ2v) is 7.89. The van der Waals surface area contributed by atoms with E-state index in [4.69, 9.17) is 10.7 Å². The molecule has 4 nitrogen and oxygen atoms in total. The molecule has 0 aromatic carbocycles. The molecule has 112 valence electrons. The van der Waals surface area contributed by atoms with E-state index in [-0.39, 0.29) is 5.41 Å². The van der Waals surface area contributed by atoms with Crippen molar-refractivity contribution in [2.45, 2.75) is 51.7 Å². The molecule has 0 spiro atoms. The lowest BCUT2D eigenvalue weighted by Gasteiger charge is -2.34. The first-order valence-corrected chi connectivity index (χ1v) is 8.39. The summed E-state index contributed by atoms with van der Waals surface area (Å²) in [6.45, 7) is 12.8. The Labute approximate surface area is 126 Å². The Morgan fingerprint density at radius 2 is 2.05 bits per heavy atom. The predicted molar refractivity (Wildman–Crippen MR) is 88.6 cm³/mol. The molecule has 5 heteroatoms. The van der Waals surface area contributed by atoms with Crippen molar-refractivity contribution in [1.29, 1.82) is 0 Å². The van der Waals surface area contributed by atoms with Gasteiger partial charge < -0.3 is 10.6 Å². The van der Waals surface area contributed by atoms with Gasteiger partial charge in [-0.3, -0.25) is 0 Å². The number of aromatic nitrogens is 2. The van der Waals surface area contributed by atoms with Gasteiger partial charge in [-0.1, -0.05) is 27.7 Å². The highest BCUT2D eigenvalue weighted by Gasteiger charge is 2.25. The Kier molecular flexibility index (Phi) is 4.47. The van der Waals surface area contributed by atoms with E-state index in [1.165, 1.54) is 6.42 Å². The molecule has 1 fully saturated rings. The van der Waals surface area contributed by atoms with Crippen molar-refractivity contribution >= 4 is 23.4 Å². The van der Waals surface area contributed by atoms with Crippen LogP contribution in [0.15, 0.2) is 0 Å². The van der Waals surface area contributed by atoms with Gasteiger partial charge in [-0.05, 0) is 13.3 Å². The highest BCUT2D eigenvalue weighted by Crippen LogP contribution is 2.30. The summed E-state index contributed by atoms with van der Waals surface area (Å²) in [5.41, 5.74) is 7.04. The van der Waals surface area contributed by atoms with E-state index in [1.807, 2.05) is 6.92 Å². The van der Waals surface area contributed by atoms with Crippen LogP contribution in [0.25, 0.3) is 0 Å². The SMILES string of the molecule is CCC1CN(c2nc(C(C)(C)C)nc(N)c2C)CCS1. The van der Waals surface area contributed by atoms with E-state index >= 15 is 0 Å². The highest BCUT2D eigenvalue weighted by atomic mass is 32.2. The number of nitrogen functional groups attached to an aromatic ring is 1. The van der Waals surface area contributed by atoms with Crippen LogP contribution in [-0.2, 0) is 5.41 Å². The van der Waals surface area contributed by atoms with Crippen LogP contribution >= 0.6 is 11.8 Å². The molecule has 0 radical (unpaired) electrons. The zero-order valence-corrected chi connectivity index (χ0v) is 14.0. The maximum atomic E-state index is 6.11. The van der Waals surface area contributed by atoms with Gasteiger partial charge in [0.05, 0.1) is 0 Å². The minimum atomic E-state index is -0.0781. The Balaban J connectivity index is 2.37. The van der Waals surface area contributed by atoms with Crippen LogP contribution in [0, 0.1) is 6.92 Å². The van der Waals surface area contributed by atoms with Gasteiger partial charge in [0.25, 0.3) is 0 Å². The van der Waals surface area contributed by atoms with Crippen molar-refractivity contribution in [3.63, 3.8) is 0 Å². The third-order valence-electron chi connectivity index (χ3n) is 3.72. The molecule has 2 rings (SSSR count). The van der Waals surface area contributed by atoms with Gasteiger partial charge in [0, 0.05) is 35.1 Å². The summed E-state index contributed by atoms with van der Waals surface area (Å²) in [7, 11) is 0. The third-order valence-corrected chi connectivity index (χ3v) is 5.09. The van der Waals surface area contributed by atoms with Crippen LogP contribution in [0.3, 0.4) is 0 Å². The molecule has 0 amide bonds. The summed E-state index contributed by atoms with van der Waals surface area (Å²) in [4.78, 5) is 11.7. The summed E-state index contributed by atoms with van der Waals surface area (Å²) >= 11 is 2.07. The summed E-state index contributed by atoms with van der Waals surface area (Å²) in [6.07, 6.45) is 1.20. The molecule has 0 bridgehead atoms. The molecule has 1 saturated heterocycles. The minimum Gasteiger partial charge on any atom is -0.383 e. The lowest BCUT2D eigenvalue weighted by Crippen LogP contribution is -2.39. The topological polar surface area (TPSA) is 55.0 Å². The number of nitrogens with zero attached hydrogens (tertiary/aromatic N) is 3. The molecular formula is C15H26N4S. The maximum Gasteiger partial charge on any atom is 0.138 e. The molecule has 2 heterocycles.